The Bertz CT molecular complexity index is 800. The molecule has 0 radical (unpaired) electrons. The molecule has 2 aromatic carbocycles. The van der Waals surface area contributed by atoms with E-state index in [9.17, 15) is 4.79 Å². The molecule has 0 aliphatic carbocycles. The molecule has 128 valence electrons. The lowest BCUT2D eigenvalue weighted by atomic mass is 10.0. The van der Waals surface area contributed by atoms with Crippen molar-refractivity contribution in [2.45, 2.75) is 31.3 Å². The third kappa shape index (κ3) is 3.10. The van der Waals surface area contributed by atoms with E-state index < -0.39 is 0 Å². The summed E-state index contributed by atoms with van der Waals surface area (Å²) in [6, 6.07) is 18.2. The quantitative estimate of drug-likeness (QED) is 0.899. The number of carbonyl (C=O) groups excluding carboxylic acids is 1. The number of nitrogens with zero attached hydrogens (tertiary/aromatic N) is 1. The zero-order valence-corrected chi connectivity index (χ0v) is 15.0. The molecule has 2 aliphatic heterocycles. The molecule has 0 saturated carbocycles. The van der Waals surface area contributed by atoms with Gasteiger partial charge in [-0.2, -0.15) is 0 Å². The second kappa shape index (κ2) is 6.66. The van der Waals surface area contributed by atoms with Crippen LogP contribution in [-0.2, 0) is 0 Å². The molecular weight excluding hydrogens is 332 g/mol. The molecule has 2 aliphatic rings. The molecule has 4 heteroatoms. The fourth-order valence-corrected chi connectivity index (χ4v) is 4.17. The highest BCUT2D eigenvalue weighted by atomic mass is 35.5. The smallest absolute Gasteiger partial charge is 0.262 e. The van der Waals surface area contributed by atoms with Crippen molar-refractivity contribution in [3.63, 3.8) is 0 Å². The highest BCUT2D eigenvalue weighted by molar-refractivity contribution is 6.30. The van der Waals surface area contributed by atoms with Crippen LogP contribution in [0.25, 0.3) is 0 Å². The van der Waals surface area contributed by atoms with Gasteiger partial charge in [0.1, 0.15) is 6.04 Å². The van der Waals surface area contributed by atoms with E-state index in [1.165, 1.54) is 12.8 Å². The molecule has 25 heavy (non-hydrogen) atoms. The van der Waals surface area contributed by atoms with Crippen LogP contribution in [0.2, 0.25) is 5.02 Å². The van der Waals surface area contributed by atoms with Gasteiger partial charge >= 0.3 is 0 Å². The standard InChI is InChI=1S/C21H21ClN2O/c1-23-18-11-12-19(23)14-20(13-18)24(17-5-3-2-4-6-17)21(25)15-7-9-16(22)10-8-15/h2-10,13,18-19H,11-12,14H2,1H3/p+1/t18-,19+/m0/s1. The Balaban J connectivity index is 1.74. The fraction of sp³-hybridized carbons (Fsp3) is 0.286. The molecule has 1 fully saturated rings. The molecule has 0 spiro atoms. The van der Waals surface area contributed by atoms with Crippen molar-refractivity contribution in [2.24, 2.45) is 0 Å². The Labute approximate surface area is 153 Å². The minimum Gasteiger partial charge on any atom is -0.329 e. The van der Waals surface area contributed by atoms with Crippen LogP contribution in [0, 0.1) is 0 Å². The maximum atomic E-state index is 13.3. The minimum absolute atomic E-state index is 0.00747. The molecule has 1 amide bonds. The van der Waals surface area contributed by atoms with E-state index >= 15 is 0 Å². The van der Waals surface area contributed by atoms with Crippen LogP contribution in [0.1, 0.15) is 29.6 Å². The van der Waals surface area contributed by atoms with Gasteiger partial charge in [0.2, 0.25) is 0 Å². The van der Waals surface area contributed by atoms with Crippen molar-refractivity contribution in [3.8, 4) is 0 Å². The van der Waals surface area contributed by atoms with Crippen molar-refractivity contribution in [1.82, 2.24) is 0 Å². The van der Waals surface area contributed by atoms with Gasteiger partial charge in [0.05, 0.1) is 13.1 Å². The number of likely N-dealkylation sites (N-methyl/N-ethyl adjacent to an activating group) is 1. The molecule has 3 atom stereocenters. The molecule has 2 aromatic rings. The topological polar surface area (TPSA) is 24.8 Å². The van der Waals surface area contributed by atoms with E-state index in [0.29, 0.717) is 22.7 Å². The second-order valence-corrected chi connectivity index (χ2v) is 7.41. The summed E-state index contributed by atoms with van der Waals surface area (Å²) in [5.41, 5.74) is 2.71. The van der Waals surface area contributed by atoms with E-state index in [2.05, 4.69) is 13.1 Å². The molecule has 1 unspecified atom stereocenters. The van der Waals surface area contributed by atoms with Crippen molar-refractivity contribution in [2.75, 3.05) is 11.9 Å². The van der Waals surface area contributed by atoms with Gasteiger partial charge in [0, 0.05) is 41.2 Å². The fourth-order valence-electron chi connectivity index (χ4n) is 4.05. The van der Waals surface area contributed by atoms with Crippen molar-refractivity contribution < 1.29 is 9.69 Å². The van der Waals surface area contributed by atoms with Gasteiger partial charge in [0.25, 0.3) is 5.91 Å². The van der Waals surface area contributed by atoms with Gasteiger partial charge in [-0.05, 0) is 42.5 Å². The van der Waals surface area contributed by atoms with E-state index in [-0.39, 0.29) is 5.91 Å². The molecule has 1 N–H and O–H groups in total. The summed E-state index contributed by atoms with van der Waals surface area (Å²) in [7, 11) is 2.27. The van der Waals surface area contributed by atoms with Gasteiger partial charge < -0.3 is 4.90 Å². The van der Waals surface area contributed by atoms with Gasteiger partial charge in [-0.25, -0.2) is 0 Å². The third-order valence-electron chi connectivity index (χ3n) is 5.50. The number of amides is 1. The Kier molecular flexibility index (Phi) is 4.36. The average Bonchev–Trinajstić information content (AvgIpc) is 2.84. The van der Waals surface area contributed by atoms with E-state index in [0.717, 1.165) is 17.8 Å². The predicted octanol–water partition coefficient (Wildman–Crippen LogP) is 3.32. The summed E-state index contributed by atoms with van der Waals surface area (Å²) < 4.78 is 0. The zero-order chi connectivity index (χ0) is 17.4. The van der Waals surface area contributed by atoms with E-state index in [1.54, 1.807) is 29.2 Å². The number of benzene rings is 2. The predicted molar refractivity (Wildman–Crippen MR) is 101 cm³/mol. The van der Waals surface area contributed by atoms with Crippen LogP contribution >= 0.6 is 11.6 Å². The second-order valence-electron chi connectivity index (χ2n) is 6.97. The molecule has 4 rings (SSSR count). The van der Waals surface area contributed by atoms with E-state index in [1.807, 2.05) is 35.2 Å². The first-order chi connectivity index (χ1) is 12.1. The Morgan fingerprint density at radius 1 is 1.08 bits per heavy atom. The highest BCUT2D eigenvalue weighted by Gasteiger charge is 2.40. The first-order valence-electron chi connectivity index (χ1n) is 8.82. The molecule has 0 aromatic heterocycles. The van der Waals surface area contributed by atoms with Gasteiger partial charge in [-0.1, -0.05) is 29.8 Å². The largest absolute Gasteiger partial charge is 0.329 e. The summed E-state index contributed by atoms with van der Waals surface area (Å²) >= 11 is 5.99. The molecular formula is C21H22ClN2O+. The van der Waals surface area contributed by atoms with Crippen molar-refractivity contribution >= 4 is 23.2 Å². The summed E-state index contributed by atoms with van der Waals surface area (Å²) in [6.45, 7) is 0. The lowest BCUT2D eigenvalue weighted by molar-refractivity contribution is -0.911. The number of hydrogen-bond acceptors (Lipinski definition) is 1. The third-order valence-corrected chi connectivity index (χ3v) is 5.75. The SMILES string of the molecule is C[NH+]1[C@@H]2CC[C@H]1C=C(N(C(=O)c1ccc(Cl)cc1)c1ccccc1)C2. The summed E-state index contributed by atoms with van der Waals surface area (Å²) in [6.07, 6.45) is 5.68. The summed E-state index contributed by atoms with van der Waals surface area (Å²) in [5, 5.41) is 0.642. The summed E-state index contributed by atoms with van der Waals surface area (Å²) in [4.78, 5) is 16.8. The number of rotatable bonds is 3. The molecule has 3 nitrogen and oxygen atoms in total. The Hall–Kier alpha value is -2.10. The molecule has 2 heterocycles. The lowest BCUT2D eigenvalue weighted by Gasteiger charge is -2.33. The number of hydrogen-bond donors (Lipinski definition) is 1. The van der Waals surface area contributed by atoms with Crippen LogP contribution in [0.15, 0.2) is 66.4 Å². The number of para-hydroxylation sites is 1. The Morgan fingerprint density at radius 3 is 2.48 bits per heavy atom. The van der Waals surface area contributed by atoms with Crippen molar-refractivity contribution in [3.05, 3.63) is 77.0 Å². The summed E-state index contributed by atoms with van der Waals surface area (Å²) in [5.74, 6) is 0.00747. The monoisotopic (exact) mass is 353 g/mol. The van der Waals surface area contributed by atoms with Crippen LogP contribution in [0.4, 0.5) is 5.69 Å². The number of quaternary nitrogens is 1. The Morgan fingerprint density at radius 2 is 1.80 bits per heavy atom. The zero-order valence-electron chi connectivity index (χ0n) is 14.3. The van der Waals surface area contributed by atoms with Gasteiger partial charge in [-0.3, -0.25) is 9.69 Å². The van der Waals surface area contributed by atoms with Crippen LogP contribution < -0.4 is 9.80 Å². The number of nitrogens with one attached hydrogen (secondary N) is 1. The van der Waals surface area contributed by atoms with Gasteiger partial charge in [-0.15, -0.1) is 0 Å². The van der Waals surface area contributed by atoms with Crippen LogP contribution in [0.3, 0.4) is 0 Å². The highest BCUT2D eigenvalue weighted by Crippen LogP contribution is 2.30. The minimum atomic E-state index is 0.00747. The normalized spacial score (nSPS) is 24.7. The average molecular weight is 354 g/mol. The van der Waals surface area contributed by atoms with Gasteiger partial charge in [0.15, 0.2) is 0 Å². The first-order valence-corrected chi connectivity index (χ1v) is 9.20. The maximum absolute atomic E-state index is 13.3. The van der Waals surface area contributed by atoms with Crippen LogP contribution in [-0.4, -0.2) is 25.0 Å². The molecule has 1 saturated heterocycles. The maximum Gasteiger partial charge on any atom is 0.262 e. The molecule has 2 bridgehead atoms. The number of anilines is 1. The first kappa shape index (κ1) is 16.4. The lowest BCUT2D eigenvalue weighted by Crippen LogP contribution is -3.14. The van der Waals surface area contributed by atoms with Crippen molar-refractivity contribution in [1.29, 1.82) is 0 Å². The van der Waals surface area contributed by atoms with Crippen LogP contribution in [0.5, 0.6) is 0 Å². The number of carbonyl (C=O) groups is 1. The van der Waals surface area contributed by atoms with E-state index in [4.69, 9.17) is 11.6 Å². The number of fused-ring (bicyclic) bond motifs is 2. The number of halogens is 1.